The van der Waals surface area contributed by atoms with E-state index in [4.69, 9.17) is 14.2 Å². The van der Waals surface area contributed by atoms with Gasteiger partial charge in [0.1, 0.15) is 12.0 Å². The Morgan fingerprint density at radius 1 is 1.24 bits per heavy atom. The van der Waals surface area contributed by atoms with Crippen molar-refractivity contribution in [2.24, 2.45) is 34.0 Å². The first kappa shape index (κ1) is 15.2. The summed E-state index contributed by atoms with van der Waals surface area (Å²) in [5.41, 5.74) is -0.0974. The van der Waals surface area contributed by atoms with E-state index in [1.165, 1.54) is 0 Å². The van der Waals surface area contributed by atoms with E-state index in [9.17, 15) is 9.90 Å². The Balaban J connectivity index is 1.54. The van der Waals surface area contributed by atoms with Gasteiger partial charge in [-0.15, -0.1) is 0 Å². The lowest BCUT2D eigenvalue weighted by Crippen LogP contribution is -2.66. The molecule has 6 unspecified atom stereocenters. The van der Waals surface area contributed by atoms with Crippen molar-refractivity contribution in [2.75, 3.05) is 13.2 Å². The molecule has 6 rings (SSSR count). The van der Waals surface area contributed by atoms with Gasteiger partial charge in [0.05, 0.1) is 18.8 Å². The number of fused-ring (bicyclic) bond motifs is 1. The predicted octanol–water partition coefficient (Wildman–Crippen LogP) is 2.03. The first-order valence-electron chi connectivity index (χ1n) is 9.74. The van der Waals surface area contributed by atoms with Crippen molar-refractivity contribution < 1.29 is 24.1 Å². The smallest absolute Gasteiger partial charge is 0.315 e. The van der Waals surface area contributed by atoms with Gasteiger partial charge in [-0.05, 0) is 54.9 Å². The summed E-state index contributed by atoms with van der Waals surface area (Å²) in [6.07, 6.45) is 3.88. The maximum Gasteiger partial charge on any atom is 0.315 e. The monoisotopic (exact) mass is 346 g/mol. The van der Waals surface area contributed by atoms with Crippen molar-refractivity contribution >= 4 is 5.97 Å². The third-order valence-corrected chi connectivity index (χ3v) is 8.91. The minimum Gasteiger partial charge on any atom is -0.464 e. The maximum absolute atomic E-state index is 13.0. The Kier molecular flexibility index (Phi) is 2.62. The molecular formula is C20H26O5. The van der Waals surface area contributed by atoms with Gasteiger partial charge in [0.25, 0.3) is 0 Å². The van der Waals surface area contributed by atoms with Crippen LogP contribution < -0.4 is 0 Å². The molecule has 25 heavy (non-hydrogen) atoms. The molecule has 3 heterocycles. The van der Waals surface area contributed by atoms with Crippen LogP contribution in [0, 0.1) is 34.0 Å². The van der Waals surface area contributed by atoms with Gasteiger partial charge in [-0.2, -0.15) is 0 Å². The van der Waals surface area contributed by atoms with Crippen molar-refractivity contribution in [1.29, 1.82) is 0 Å². The van der Waals surface area contributed by atoms with Crippen LogP contribution in [0.15, 0.2) is 12.2 Å². The number of carbonyl (C=O) groups excluding carboxylic acids is 1. The second-order valence-electron chi connectivity index (χ2n) is 9.71. The summed E-state index contributed by atoms with van der Waals surface area (Å²) in [4.78, 5) is 13.0. The SMILES string of the molecule is C=C1C2CCC3[C@](C2)(C(=O)OC[C@]32C3CC[C@@]4(C)COC(O3)C42)C1O. The molecule has 0 aromatic rings. The summed E-state index contributed by atoms with van der Waals surface area (Å²) in [5, 5.41) is 11.1. The third kappa shape index (κ3) is 1.42. The largest absolute Gasteiger partial charge is 0.464 e. The van der Waals surface area contributed by atoms with Crippen molar-refractivity contribution in [2.45, 2.75) is 57.5 Å². The van der Waals surface area contributed by atoms with Crippen LogP contribution in [0.25, 0.3) is 0 Å². The van der Waals surface area contributed by atoms with Gasteiger partial charge in [0.15, 0.2) is 6.29 Å². The zero-order valence-electron chi connectivity index (χ0n) is 14.7. The molecule has 1 N–H and O–H groups in total. The fourth-order valence-electron chi connectivity index (χ4n) is 7.91. The van der Waals surface area contributed by atoms with Gasteiger partial charge in [-0.25, -0.2) is 0 Å². The van der Waals surface area contributed by atoms with Gasteiger partial charge in [0, 0.05) is 11.3 Å². The number of cyclic esters (lactones) is 1. The Labute approximate surface area is 147 Å². The molecule has 0 amide bonds. The Bertz CT molecular complexity index is 690. The topological polar surface area (TPSA) is 65.0 Å². The molecule has 0 radical (unpaired) electrons. The summed E-state index contributed by atoms with van der Waals surface area (Å²) >= 11 is 0. The van der Waals surface area contributed by atoms with Crippen LogP contribution in [0.5, 0.6) is 0 Å². The number of esters is 1. The molecule has 136 valence electrons. The van der Waals surface area contributed by atoms with Gasteiger partial charge >= 0.3 is 5.97 Å². The van der Waals surface area contributed by atoms with Crippen molar-refractivity contribution in [3.8, 4) is 0 Å². The highest BCUT2D eigenvalue weighted by atomic mass is 16.7. The predicted molar refractivity (Wildman–Crippen MR) is 87.2 cm³/mol. The lowest BCUT2D eigenvalue weighted by molar-refractivity contribution is -0.227. The first-order valence-corrected chi connectivity index (χ1v) is 9.74. The summed E-state index contributed by atoms with van der Waals surface area (Å²) in [5.74, 6) is 0.404. The number of aliphatic hydroxyl groups is 1. The minimum absolute atomic E-state index is 0.0727. The Morgan fingerprint density at radius 3 is 2.92 bits per heavy atom. The van der Waals surface area contributed by atoms with Crippen LogP contribution in [0.4, 0.5) is 0 Å². The van der Waals surface area contributed by atoms with Gasteiger partial charge in [-0.1, -0.05) is 13.5 Å². The van der Waals surface area contributed by atoms with Crippen LogP contribution in [-0.4, -0.2) is 42.8 Å². The van der Waals surface area contributed by atoms with Crippen molar-refractivity contribution in [3.05, 3.63) is 12.2 Å². The Morgan fingerprint density at radius 2 is 2.08 bits per heavy atom. The average Bonchev–Trinajstić information content (AvgIpc) is 3.12. The number of hydrogen-bond donors (Lipinski definition) is 1. The molecule has 5 nitrogen and oxygen atoms in total. The molecule has 0 aromatic carbocycles. The molecular weight excluding hydrogens is 320 g/mol. The van der Waals surface area contributed by atoms with E-state index >= 15 is 0 Å². The molecule has 3 saturated carbocycles. The van der Waals surface area contributed by atoms with E-state index in [1.54, 1.807) is 0 Å². The number of ether oxygens (including phenoxy) is 3. The van der Waals surface area contributed by atoms with Gasteiger partial charge < -0.3 is 19.3 Å². The molecule has 6 aliphatic rings. The maximum atomic E-state index is 13.0. The van der Waals surface area contributed by atoms with Crippen LogP contribution >= 0.6 is 0 Å². The summed E-state index contributed by atoms with van der Waals surface area (Å²) in [6.45, 7) is 7.58. The van der Waals surface area contributed by atoms with Gasteiger partial charge in [-0.3, -0.25) is 4.79 Å². The standard InChI is InChI=1S/C20H26O5/c1-10-11-3-4-12-19(7-11,15(10)21)17(22)24-9-20(12)13-5-6-18(2)8-23-16(25-13)14(18)20/h11-16,21H,1,3-9H2,2H3/t11?,12?,13?,14?,15?,16?,18-,19-,20+/m0/s1. The summed E-state index contributed by atoms with van der Waals surface area (Å²) in [7, 11) is 0. The molecule has 0 aromatic heterocycles. The molecule has 9 atom stereocenters. The quantitative estimate of drug-likeness (QED) is 0.537. The number of aliphatic hydroxyl groups excluding tert-OH is 1. The number of carbonyl (C=O) groups is 1. The molecule has 3 saturated heterocycles. The highest BCUT2D eigenvalue weighted by Gasteiger charge is 2.78. The van der Waals surface area contributed by atoms with Gasteiger partial charge in [0.2, 0.25) is 0 Å². The van der Waals surface area contributed by atoms with Crippen LogP contribution in [-0.2, 0) is 19.0 Å². The van der Waals surface area contributed by atoms with E-state index in [-0.39, 0.29) is 46.9 Å². The van der Waals surface area contributed by atoms with E-state index in [0.717, 1.165) is 37.9 Å². The first-order chi connectivity index (χ1) is 11.9. The third-order valence-electron chi connectivity index (χ3n) is 8.91. The second kappa shape index (κ2) is 4.32. The van der Waals surface area contributed by atoms with Crippen molar-refractivity contribution in [1.82, 2.24) is 0 Å². The lowest BCUT2D eigenvalue weighted by Gasteiger charge is -2.59. The zero-order chi connectivity index (χ0) is 17.2. The molecule has 3 aliphatic heterocycles. The fraction of sp³-hybridized carbons (Fsp3) is 0.850. The Hall–Kier alpha value is -0.910. The highest BCUT2D eigenvalue weighted by molar-refractivity contribution is 5.81. The van der Waals surface area contributed by atoms with E-state index in [2.05, 4.69) is 13.5 Å². The molecule has 2 spiro atoms. The number of hydrogen-bond acceptors (Lipinski definition) is 5. The van der Waals surface area contributed by atoms with Crippen LogP contribution in [0.2, 0.25) is 0 Å². The fourth-order valence-corrected chi connectivity index (χ4v) is 7.91. The molecule has 3 aliphatic carbocycles. The van der Waals surface area contributed by atoms with E-state index in [0.29, 0.717) is 13.0 Å². The highest BCUT2D eigenvalue weighted by Crippen LogP contribution is 2.73. The molecule has 5 heteroatoms. The van der Waals surface area contributed by atoms with Crippen LogP contribution in [0.1, 0.15) is 39.0 Å². The zero-order valence-corrected chi connectivity index (χ0v) is 14.7. The lowest BCUT2D eigenvalue weighted by atomic mass is 9.45. The second-order valence-corrected chi connectivity index (χ2v) is 9.71. The molecule has 6 fully saturated rings. The van der Waals surface area contributed by atoms with E-state index in [1.807, 2.05) is 0 Å². The average molecular weight is 346 g/mol. The summed E-state index contributed by atoms with van der Waals surface area (Å²) in [6, 6.07) is 0. The summed E-state index contributed by atoms with van der Waals surface area (Å²) < 4.78 is 18.3. The minimum atomic E-state index is -0.810. The molecule has 4 bridgehead atoms. The van der Waals surface area contributed by atoms with Crippen molar-refractivity contribution in [3.63, 3.8) is 0 Å². The number of rotatable bonds is 0. The van der Waals surface area contributed by atoms with E-state index < -0.39 is 11.5 Å². The normalized spacial score (nSPS) is 61.5. The van der Waals surface area contributed by atoms with Crippen LogP contribution in [0.3, 0.4) is 0 Å².